The van der Waals surface area contributed by atoms with Gasteiger partial charge in [0, 0.05) is 12.0 Å². The number of aromatic nitrogens is 2. The number of benzene rings is 2. The number of hydrogen-bond acceptors (Lipinski definition) is 1. The summed E-state index contributed by atoms with van der Waals surface area (Å²) >= 11 is 0. The Morgan fingerprint density at radius 2 is 1.83 bits per heavy atom. The normalized spacial score (nSPS) is 11.0. The van der Waals surface area contributed by atoms with E-state index in [4.69, 9.17) is 0 Å². The Kier molecular flexibility index (Phi) is 2.63. The summed E-state index contributed by atoms with van der Waals surface area (Å²) in [5.74, 6) is 1.04. The molecule has 0 aliphatic rings. The second-order valence-corrected chi connectivity index (χ2v) is 4.57. The van der Waals surface area contributed by atoms with Crippen LogP contribution in [0.3, 0.4) is 0 Å². The molecule has 0 amide bonds. The van der Waals surface area contributed by atoms with Gasteiger partial charge in [-0.25, -0.2) is 4.98 Å². The van der Waals surface area contributed by atoms with E-state index in [-0.39, 0.29) is 0 Å². The Morgan fingerprint density at radius 3 is 2.56 bits per heavy atom. The SMILES string of the molecule is CCc1ncc(-c2ccc(C)c3ccccc23)[nH]1. The van der Waals surface area contributed by atoms with E-state index in [0.29, 0.717) is 0 Å². The summed E-state index contributed by atoms with van der Waals surface area (Å²) in [6.07, 6.45) is 2.86. The van der Waals surface area contributed by atoms with Gasteiger partial charge in [0.2, 0.25) is 0 Å². The lowest BCUT2D eigenvalue weighted by Crippen LogP contribution is -1.85. The van der Waals surface area contributed by atoms with E-state index < -0.39 is 0 Å². The van der Waals surface area contributed by atoms with Gasteiger partial charge < -0.3 is 4.98 Å². The van der Waals surface area contributed by atoms with Crippen molar-refractivity contribution in [2.75, 3.05) is 0 Å². The maximum absolute atomic E-state index is 4.38. The molecule has 2 nitrogen and oxygen atoms in total. The Labute approximate surface area is 107 Å². The first kappa shape index (κ1) is 11.0. The second-order valence-electron chi connectivity index (χ2n) is 4.57. The monoisotopic (exact) mass is 236 g/mol. The summed E-state index contributed by atoms with van der Waals surface area (Å²) in [5, 5.41) is 2.59. The van der Waals surface area contributed by atoms with Crippen LogP contribution in [-0.4, -0.2) is 9.97 Å². The summed E-state index contributed by atoms with van der Waals surface area (Å²) in [6.45, 7) is 4.26. The molecule has 0 aliphatic carbocycles. The molecule has 1 N–H and O–H groups in total. The molecule has 0 radical (unpaired) electrons. The fourth-order valence-corrected chi connectivity index (χ4v) is 2.36. The van der Waals surface area contributed by atoms with Crippen molar-refractivity contribution in [1.29, 1.82) is 0 Å². The molecule has 3 rings (SSSR count). The number of H-pyrrole nitrogens is 1. The standard InChI is InChI=1S/C16H16N2/c1-3-16-17-10-15(18-16)14-9-8-11(2)12-6-4-5-7-13(12)14/h4-10H,3H2,1-2H3,(H,17,18). The Hall–Kier alpha value is -2.09. The van der Waals surface area contributed by atoms with Crippen LogP contribution in [0.2, 0.25) is 0 Å². The number of hydrogen-bond donors (Lipinski definition) is 1. The van der Waals surface area contributed by atoms with Gasteiger partial charge in [0.25, 0.3) is 0 Å². The number of rotatable bonds is 2. The van der Waals surface area contributed by atoms with Crippen LogP contribution in [0.5, 0.6) is 0 Å². The minimum Gasteiger partial charge on any atom is -0.342 e. The summed E-state index contributed by atoms with van der Waals surface area (Å²) in [5.41, 5.74) is 3.64. The molecule has 0 aliphatic heterocycles. The molecule has 18 heavy (non-hydrogen) atoms. The molecule has 0 saturated carbocycles. The van der Waals surface area contributed by atoms with Crippen molar-refractivity contribution in [3.63, 3.8) is 0 Å². The van der Waals surface area contributed by atoms with E-state index in [1.54, 1.807) is 0 Å². The number of nitrogens with zero attached hydrogens (tertiary/aromatic N) is 1. The minimum atomic E-state index is 0.934. The zero-order valence-corrected chi connectivity index (χ0v) is 10.7. The number of imidazole rings is 1. The van der Waals surface area contributed by atoms with Gasteiger partial charge in [-0.05, 0) is 23.3 Å². The van der Waals surface area contributed by atoms with Crippen molar-refractivity contribution in [3.05, 3.63) is 54.0 Å². The fraction of sp³-hybridized carbons (Fsp3) is 0.188. The fourth-order valence-electron chi connectivity index (χ4n) is 2.36. The first-order valence-electron chi connectivity index (χ1n) is 6.32. The quantitative estimate of drug-likeness (QED) is 0.713. The van der Waals surface area contributed by atoms with E-state index in [0.717, 1.165) is 17.9 Å². The molecule has 90 valence electrons. The number of fused-ring (bicyclic) bond motifs is 1. The molecule has 3 aromatic rings. The highest BCUT2D eigenvalue weighted by atomic mass is 14.9. The maximum atomic E-state index is 4.38. The van der Waals surface area contributed by atoms with Gasteiger partial charge >= 0.3 is 0 Å². The molecule has 0 saturated heterocycles. The van der Waals surface area contributed by atoms with Gasteiger partial charge in [-0.3, -0.25) is 0 Å². The molecule has 2 heteroatoms. The Morgan fingerprint density at radius 1 is 1.06 bits per heavy atom. The number of nitrogens with one attached hydrogen (secondary N) is 1. The van der Waals surface area contributed by atoms with Crippen LogP contribution in [0.4, 0.5) is 0 Å². The minimum absolute atomic E-state index is 0.934. The summed E-state index contributed by atoms with van der Waals surface area (Å²) in [6, 6.07) is 12.9. The summed E-state index contributed by atoms with van der Waals surface area (Å²) in [7, 11) is 0. The van der Waals surface area contributed by atoms with Crippen LogP contribution >= 0.6 is 0 Å². The highest BCUT2D eigenvalue weighted by Gasteiger charge is 2.07. The predicted molar refractivity (Wildman–Crippen MR) is 75.6 cm³/mol. The molecule has 0 fully saturated rings. The molecular weight excluding hydrogens is 220 g/mol. The first-order valence-corrected chi connectivity index (χ1v) is 6.32. The third-order valence-electron chi connectivity index (χ3n) is 3.40. The third kappa shape index (κ3) is 1.70. The lowest BCUT2D eigenvalue weighted by molar-refractivity contribution is 0.991. The van der Waals surface area contributed by atoms with Crippen molar-refractivity contribution < 1.29 is 0 Å². The molecule has 0 atom stereocenters. The molecule has 1 aromatic heterocycles. The summed E-state index contributed by atoms with van der Waals surface area (Å²) < 4.78 is 0. The van der Waals surface area contributed by atoms with Crippen molar-refractivity contribution >= 4 is 10.8 Å². The van der Waals surface area contributed by atoms with E-state index in [1.165, 1.54) is 21.9 Å². The van der Waals surface area contributed by atoms with Crippen LogP contribution in [0.15, 0.2) is 42.6 Å². The van der Waals surface area contributed by atoms with Gasteiger partial charge in [0.1, 0.15) is 5.82 Å². The van der Waals surface area contributed by atoms with Crippen molar-refractivity contribution in [3.8, 4) is 11.3 Å². The van der Waals surface area contributed by atoms with Gasteiger partial charge in [-0.1, -0.05) is 43.3 Å². The molecule has 0 unspecified atom stereocenters. The first-order chi connectivity index (χ1) is 8.79. The maximum Gasteiger partial charge on any atom is 0.106 e. The highest BCUT2D eigenvalue weighted by molar-refractivity contribution is 5.97. The van der Waals surface area contributed by atoms with E-state index in [2.05, 4.69) is 60.2 Å². The van der Waals surface area contributed by atoms with Crippen LogP contribution in [-0.2, 0) is 6.42 Å². The van der Waals surface area contributed by atoms with Gasteiger partial charge in [0.15, 0.2) is 0 Å². The van der Waals surface area contributed by atoms with Crippen LogP contribution in [0.25, 0.3) is 22.0 Å². The third-order valence-corrected chi connectivity index (χ3v) is 3.40. The average molecular weight is 236 g/mol. The molecule has 2 aromatic carbocycles. The van der Waals surface area contributed by atoms with Crippen molar-refractivity contribution in [2.24, 2.45) is 0 Å². The molecule has 0 spiro atoms. The molecule has 0 bridgehead atoms. The Bertz CT molecular complexity index is 695. The van der Waals surface area contributed by atoms with Crippen LogP contribution < -0.4 is 0 Å². The Balaban J connectivity index is 2.26. The lowest BCUT2D eigenvalue weighted by atomic mass is 9.99. The van der Waals surface area contributed by atoms with Gasteiger partial charge in [0.05, 0.1) is 11.9 Å². The zero-order chi connectivity index (χ0) is 12.5. The smallest absolute Gasteiger partial charge is 0.106 e. The van der Waals surface area contributed by atoms with E-state index in [9.17, 15) is 0 Å². The van der Waals surface area contributed by atoms with Crippen LogP contribution in [0, 0.1) is 6.92 Å². The number of aryl methyl sites for hydroxylation is 2. The van der Waals surface area contributed by atoms with Gasteiger partial charge in [-0.2, -0.15) is 0 Å². The predicted octanol–water partition coefficient (Wildman–Crippen LogP) is 4.10. The van der Waals surface area contributed by atoms with E-state index in [1.807, 2.05) is 6.20 Å². The zero-order valence-electron chi connectivity index (χ0n) is 10.7. The van der Waals surface area contributed by atoms with Crippen molar-refractivity contribution in [2.45, 2.75) is 20.3 Å². The number of aromatic amines is 1. The second kappa shape index (κ2) is 4.30. The van der Waals surface area contributed by atoms with E-state index >= 15 is 0 Å². The van der Waals surface area contributed by atoms with Crippen molar-refractivity contribution in [1.82, 2.24) is 9.97 Å². The topological polar surface area (TPSA) is 28.7 Å². The largest absolute Gasteiger partial charge is 0.342 e. The van der Waals surface area contributed by atoms with Crippen LogP contribution in [0.1, 0.15) is 18.3 Å². The average Bonchev–Trinajstić information content (AvgIpc) is 2.88. The highest BCUT2D eigenvalue weighted by Crippen LogP contribution is 2.29. The summed E-state index contributed by atoms with van der Waals surface area (Å²) in [4.78, 5) is 7.76. The lowest BCUT2D eigenvalue weighted by Gasteiger charge is -2.07. The van der Waals surface area contributed by atoms with Gasteiger partial charge in [-0.15, -0.1) is 0 Å². The molecule has 1 heterocycles. The molecular formula is C16H16N2.